The van der Waals surface area contributed by atoms with Gasteiger partial charge in [0.15, 0.2) is 18.1 Å². The number of piperidine rings is 1. The van der Waals surface area contributed by atoms with Gasteiger partial charge >= 0.3 is 12.3 Å². The Morgan fingerprint density at radius 3 is 2.25 bits per heavy atom. The van der Waals surface area contributed by atoms with Gasteiger partial charge in [0.1, 0.15) is 5.75 Å². The third-order valence-corrected chi connectivity index (χ3v) is 4.90. The minimum atomic E-state index is -4.57. The largest absolute Gasteiger partial charge is 0.493 e. The number of para-hydroxylation sites is 2. The molecule has 0 spiro atoms. The van der Waals surface area contributed by atoms with E-state index in [4.69, 9.17) is 9.47 Å². The highest BCUT2D eigenvalue weighted by Gasteiger charge is 2.33. The summed E-state index contributed by atoms with van der Waals surface area (Å²) in [6, 6.07) is 14.0. The average Bonchev–Trinajstić information content (AvgIpc) is 2.78. The second-order valence-corrected chi connectivity index (χ2v) is 7.20. The maximum absolute atomic E-state index is 12.5. The van der Waals surface area contributed by atoms with E-state index in [1.165, 1.54) is 4.90 Å². The Bertz CT molecular complexity index is 926. The number of likely N-dealkylation sites (tertiary alicyclic amines) is 1. The Labute approximate surface area is 183 Å². The van der Waals surface area contributed by atoms with Crippen molar-refractivity contribution in [3.05, 3.63) is 48.5 Å². The molecule has 2 aromatic carbocycles. The number of methoxy groups -OCH3 is 1. The van der Waals surface area contributed by atoms with Crippen LogP contribution in [0.1, 0.15) is 12.8 Å². The Morgan fingerprint density at radius 2 is 1.66 bits per heavy atom. The maximum atomic E-state index is 12.5. The number of rotatable bonds is 6. The molecule has 7 nitrogen and oxygen atoms in total. The molecule has 10 heteroatoms. The zero-order chi connectivity index (χ0) is 23.1. The van der Waals surface area contributed by atoms with E-state index in [0.717, 1.165) is 0 Å². The molecule has 0 bridgehead atoms. The lowest BCUT2D eigenvalue weighted by atomic mass is 9.96. The standard InChI is InChI=1S/C22H23F3N2O5/c1-30-18-4-2-3-5-19(18)32-17-8-6-16(7-9-17)26-20(28)15-10-12-27(13-11-15)21(29)31-14-22(23,24)25/h2-9,15H,10-14H2,1H3,(H,26,28). The fourth-order valence-corrected chi connectivity index (χ4v) is 3.24. The van der Waals surface area contributed by atoms with Gasteiger partial charge in [0.2, 0.25) is 5.91 Å². The predicted octanol–water partition coefficient (Wildman–Crippen LogP) is 4.84. The van der Waals surface area contributed by atoms with Crippen LogP contribution in [0.25, 0.3) is 0 Å². The van der Waals surface area contributed by atoms with Gasteiger partial charge in [-0.05, 0) is 49.2 Å². The number of hydrogen-bond acceptors (Lipinski definition) is 5. The van der Waals surface area contributed by atoms with Crippen LogP contribution in [0, 0.1) is 5.92 Å². The summed E-state index contributed by atoms with van der Waals surface area (Å²) >= 11 is 0. The van der Waals surface area contributed by atoms with Gasteiger partial charge in [-0.3, -0.25) is 4.79 Å². The van der Waals surface area contributed by atoms with Crippen molar-refractivity contribution in [3.63, 3.8) is 0 Å². The van der Waals surface area contributed by atoms with Crippen molar-refractivity contribution in [3.8, 4) is 17.2 Å². The molecule has 32 heavy (non-hydrogen) atoms. The molecule has 2 aromatic rings. The number of benzene rings is 2. The molecule has 1 fully saturated rings. The first-order valence-corrected chi connectivity index (χ1v) is 9.95. The molecule has 1 aliphatic rings. The zero-order valence-corrected chi connectivity index (χ0v) is 17.4. The van der Waals surface area contributed by atoms with Crippen LogP contribution in [0.4, 0.5) is 23.7 Å². The lowest BCUT2D eigenvalue weighted by Crippen LogP contribution is -2.42. The Balaban J connectivity index is 1.47. The molecule has 1 N–H and O–H groups in total. The van der Waals surface area contributed by atoms with Gasteiger partial charge in [-0.15, -0.1) is 0 Å². The molecular weight excluding hydrogens is 429 g/mol. The summed E-state index contributed by atoms with van der Waals surface area (Å²) in [5.41, 5.74) is 0.578. The Hall–Kier alpha value is -3.43. The number of carbonyl (C=O) groups excluding carboxylic acids is 2. The summed E-state index contributed by atoms with van der Waals surface area (Å²) in [5, 5.41) is 2.81. The Kier molecular flexibility index (Phi) is 7.45. The molecule has 1 saturated heterocycles. The number of amides is 2. The van der Waals surface area contributed by atoms with Crippen LogP contribution in [-0.2, 0) is 9.53 Å². The van der Waals surface area contributed by atoms with Crippen molar-refractivity contribution < 1.29 is 37.0 Å². The lowest BCUT2D eigenvalue weighted by molar-refractivity contribution is -0.162. The summed E-state index contributed by atoms with van der Waals surface area (Å²) in [6.07, 6.45) is -4.92. The lowest BCUT2D eigenvalue weighted by Gasteiger charge is -2.30. The molecule has 0 radical (unpaired) electrons. The minimum Gasteiger partial charge on any atom is -0.493 e. The van der Waals surface area contributed by atoms with Crippen LogP contribution >= 0.6 is 0 Å². The monoisotopic (exact) mass is 452 g/mol. The number of carbonyl (C=O) groups is 2. The first-order valence-electron chi connectivity index (χ1n) is 9.95. The van der Waals surface area contributed by atoms with Crippen LogP contribution in [-0.4, -0.2) is 49.9 Å². The van der Waals surface area contributed by atoms with Crippen LogP contribution in [0.15, 0.2) is 48.5 Å². The van der Waals surface area contributed by atoms with E-state index in [1.54, 1.807) is 43.5 Å². The normalized spacial score (nSPS) is 14.6. The van der Waals surface area contributed by atoms with Gasteiger partial charge in [-0.25, -0.2) is 4.79 Å². The predicted molar refractivity (Wildman–Crippen MR) is 110 cm³/mol. The highest BCUT2D eigenvalue weighted by molar-refractivity contribution is 5.92. The first kappa shape index (κ1) is 23.2. The summed E-state index contributed by atoms with van der Waals surface area (Å²) in [5.74, 6) is 1.15. The van der Waals surface area contributed by atoms with Crippen molar-refractivity contribution >= 4 is 17.7 Å². The number of alkyl halides is 3. The highest BCUT2D eigenvalue weighted by Crippen LogP contribution is 2.31. The fraction of sp³-hybridized carbons (Fsp3) is 0.364. The van der Waals surface area contributed by atoms with Crippen LogP contribution in [0.5, 0.6) is 17.2 Å². The van der Waals surface area contributed by atoms with Crippen molar-refractivity contribution in [2.45, 2.75) is 19.0 Å². The molecule has 1 heterocycles. The Morgan fingerprint density at radius 1 is 1.03 bits per heavy atom. The van der Waals surface area contributed by atoms with Crippen LogP contribution in [0.2, 0.25) is 0 Å². The molecule has 0 aromatic heterocycles. The van der Waals surface area contributed by atoms with E-state index >= 15 is 0 Å². The molecule has 0 aliphatic carbocycles. The SMILES string of the molecule is COc1ccccc1Oc1ccc(NC(=O)C2CCN(C(=O)OCC(F)(F)F)CC2)cc1. The number of halogens is 3. The smallest absolute Gasteiger partial charge is 0.422 e. The van der Waals surface area contributed by atoms with Gasteiger partial charge in [0.25, 0.3) is 0 Å². The number of hydrogen-bond donors (Lipinski definition) is 1. The second-order valence-electron chi connectivity index (χ2n) is 7.20. The summed E-state index contributed by atoms with van der Waals surface area (Å²) in [6.45, 7) is -1.32. The first-order chi connectivity index (χ1) is 15.2. The van der Waals surface area contributed by atoms with E-state index in [2.05, 4.69) is 10.1 Å². The van der Waals surface area contributed by atoms with E-state index in [-0.39, 0.29) is 24.9 Å². The van der Waals surface area contributed by atoms with Gasteiger partial charge in [-0.2, -0.15) is 13.2 Å². The molecule has 0 unspecified atom stereocenters. The van der Waals surface area contributed by atoms with Crippen molar-refractivity contribution in [1.29, 1.82) is 0 Å². The summed E-state index contributed by atoms with van der Waals surface area (Å²) in [7, 11) is 1.55. The van der Waals surface area contributed by atoms with Gasteiger partial charge < -0.3 is 24.4 Å². The van der Waals surface area contributed by atoms with Crippen molar-refractivity contribution in [1.82, 2.24) is 4.90 Å². The van der Waals surface area contributed by atoms with E-state index < -0.39 is 18.9 Å². The summed E-state index contributed by atoms with van der Waals surface area (Å²) in [4.78, 5) is 25.4. The second kappa shape index (κ2) is 10.3. The maximum Gasteiger partial charge on any atom is 0.422 e. The molecule has 172 valence electrons. The van der Waals surface area contributed by atoms with E-state index in [9.17, 15) is 22.8 Å². The number of nitrogens with one attached hydrogen (secondary N) is 1. The molecule has 0 atom stereocenters. The van der Waals surface area contributed by atoms with E-state index in [0.29, 0.717) is 35.8 Å². The average molecular weight is 452 g/mol. The third-order valence-electron chi connectivity index (χ3n) is 4.90. The highest BCUT2D eigenvalue weighted by atomic mass is 19.4. The number of anilines is 1. The zero-order valence-electron chi connectivity index (χ0n) is 17.4. The quantitative estimate of drug-likeness (QED) is 0.679. The van der Waals surface area contributed by atoms with Crippen LogP contribution < -0.4 is 14.8 Å². The molecule has 1 aliphatic heterocycles. The molecule has 2 amide bonds. The van der Waals surface area contributed by atoms with Crippen LogP contribution in [0.3, 0.4) is 0 Å². The number of ether oxygens (including phenoxy) is 3. The van der Waals surface area contributed by atoms with Crippen molar-refractivity contribution in [2.24, 2.45) is 5.92 Å². The fourth-order valence-electron chi connectivity index (χ4n) is 3.24. The number of nitrogens with zero attached hydrogens (tertiary/aromatic N) is 1. The topological polar surface area (TPSA) is 77.1 Å². The third kappa shape index (κ3) is 6.53. The molecular formula is C22H23F3N2O5. The van der Waals surface area contributed by atoms with Crippen molar-refractivity contribution in [2.75, 3.05) is 32.1 Å². The van der Waals surface area contributed by atoms with E-state index in [1.807, 2.05) is 12.1 Å². The van der Waals surface area contributed by atoms with Gasteiger partial charge in [0, 0.05) is 24.7 Å². The molecule has 0 saturated carbocycles. The summed E-state index contributed by atoms with van der Waals surface area (Å²) < 4.78 is 51.8. The van der Waals surface area contributed by atoms with Gasteiger partial charge in [0.05, 0.1) is 7.11 Å². The molecule has 3 rings (SSSR count). The van der Waals surface area contributed by atoms with Gasteiger partial charge in [-0.1, -0.05) is 12.1 Å². The minimum absolute atomic E-state index is 0.153.